The van der Waals surface area contributed by atoms with Gasteiger partial charge in [0.2, 0.25) is 0 Å². The number of carbonyl (C=O) groups is 3. The number of hydrogen-bond acceptors (Lipinski definition) is 7. The second kappa shape index (κ2) is 9.11. The number of phenolic OH excluding ortho intramolecular Hbond substituents is 1. The highest BCUT2D eigenvalue weighted by Crippen LogP contribution is 2.36. The molecule has 4 N–H and O–H groups in total. The van der Waals surface area contributed by atoms with Gasteiger partial charge in [-0.15, -0.1) is 0 Å². The zero-order valence-corrected chi connectivity index (χ0v) is 16.4. The number of rotatable bonds is 6. The van der Waals surface area contributed by atoms with Gasteiger partial charge in [0, 0.05) is 12.8 Å². The summed E-state index contributed by atoms with van der Waals surface area (Å²) in [5.41, 5.74) is -1.53. The van der Waals surface area contributed by atoms with Gasteiger partial charge in [0.25, 0.3) is 0 Å². The Bertz CT molecular complexity index is 982. The molecule has 0 amide bonds. The molecule has 0 aromatic heterocycles. The van der Waals surface area contributed by atoms with Crippen LogP contribution in [0.1, 0.15) is 28.8 Å². The molecule has 1 aliphatic rings. The summed E-state index contributed by atoms with van der Waals surface area (Å²) >= 11 is 0. The smallest absolute Gasteiger partial charge is 0.338 e. The van der Waals surface area contributed by atoms with E-state index in [-0.39, 0.29) is 11.3 Å². The standard InChI is InChI=1S/C23H22O8/c24-16-9-6-14(7-10-16)8-11-18(25)17-12-23(30,22(28)29)13-19(26)20(17)31-21(27)15-4-2-1-3-5-15/h1-11,17,19-20,24,26,30H,12-13H2,(H,28,29)/b11-8+/t17-,19+,20-,23+/m0/s1. The fourth-order valence-electron chi connectivity index (χ4n) is 3.54. The molecule has 1 aliphatic carbocycles. The topological polar surface area (TPSA) is 141 Å². The molecule has 1 saturated carbocycles. The van der Waals surface area contributed by atoms with Gasteiger partial charge in [-0.3, -0.25) is 4.79 Å². The molecule has 0 radical (unpaired) electrons. The Morgan fingerprint density at radius 1 is 1.00 bits per heavy atom. The van der Waals surface area contributed by atoms with E-state index in [4.69, 9.17) is 4.74 Å². The van der Waals surface area contributed by atoms with Crippen LogP contribution in [0.4, 0.5) is 0 Å². The van der Waals surface area contributed by atoms with Gasteiger partial charge in [-0.05, 0) is 35.9 Å². The van der Waals surface area contributed by atoms with Gasteiger partial charge in [0.15, 0.2) is 11.4 Å². The van der Waals surface area contributed by atoms with Crippen molar-refractivity contribution in [1.29, 1.82) is 0 Å². The third kappa shape index (κ3) is 5.17. The summed E-state index contributed by atoms with van der Waals surface area (Å²) in [4.78, 5) is 36.9. The van der Waals surface area contributed by atoms with Crippen LogP contribution in [-0.4, -0.2) is 56.0 Å². The van der Waals surface area contributed by atoms with Crippen molar-refractivity contribution in [1.82, 2.24) is 0 Å². The van der Waals surface area contributed by atoms with Gasteiger partial charge >= 0.3 is 11.9 Å². The van der Waals surface area contributed by atoms with Crippen molar-refractivity contribution in [3.63, 3.8) is 0 Å². The predicted octanol–water partition coefficient (Wildman–Crippen LogP) is 1.79. The quantitative estimate of drug-likeness (QED) is 0.405. The first-order valence-electron chi connectivity index (χ1n) is 9.60. The normalized spacial score (nSPS) is 25.8. The molecule has 162 valence electrons. The van der Waals surface area contributed by atoms with Crippen LogP contribution in [0.3, 0.4) is 0 Å². The molecule has 0 bridgehead atoms. The molecule has 31 heavy (non-hydrogen) atoms. The van der Waals surface area contributed by atoms with Crippen LogP contribution < -0.4 is 0 Å². The highest BCUT2D eigenvalue weighted by molar-refractivity contribution is 5.97. The summed E-state index contributed by atoms with van der Waals surface area (Å²) in [5, 5.41) is 39.6. The molecule has 8 heteroatoms. The minimum Gasteiger partial charge on any atom is -0.508 e. The van der Waals surface area contributed by atoms with Crippen LogP contribution in [0, 0.1) is 5.92 Å². The molecule has 0 unspecified atom stereocenters. The number of aliphatic carboxylic acids is 1. The van der Waals surface area contributed by atoms with E-state index in [1.165, 1.54) is 36.4 Å². The molecule has 2 aromatic carbocycles. The third-order valence-electron chi connectivity index (χ3n) is 5.23. The van der Waals surface area contributed by atoms with Crippen LogP contribution in [0.2, 0.25) is 0 Å². The molecular formula is C23H22O8. The summed E-state index contributed by atoms with van der Waals surface area (Å²) in [6.07, 6.45) is -1.38. The average molecular weight is 426 g/mol. The Morgan fingerprint density at radius 2 is 1.65 bits per heavy atom. The molecule has 4 atom stereocenters. The Morgan fingerprint density at radius 3 is 2.26 bits per heavy atom. The van der Waals surface area contributed by atoms with E-state index < -0.39 is 54.3 Å². The maximum Gasteiger partial charge on any atom is 0.338 e. The van der Waals surface area contributed by atoms with E-state index >= 15 is 0 Å². The first kappa shape index (κ1) is 22.2. The summed E-state index contributed by atoms with van der Waals surface area (Å²) in [5.74, 6) is -4.17. The number of esters is 1. The van der Waals surface area contributed by atoms with Crippen LogP contribution in [0.15, 0.2) is 60.7 Å². The average Bonchev–Trinajstić information content (AvgIpc) is 2.75. The van der Waals surface area contributed by atoms with Crippen LogP contribution in [-0.2, 0) is 14.3 Å². The monoisotopic (exact) mass is 426 g/mol. The van der Waals surface area contributed by atoms with Crippen molar-refractivity contribution < 1.29 is 39.5 Å². The number of phenols is 1. The number of aromatic hydroxyl groups is 1. The fraction of sp³-hybridized carbons (Fsp3) is 0.261. The maximum atomic E-state index is 12.9. The van der Waals surface area contributed by atoms with Crippen molar-refractivity contribution in [2.24, 2.45) is 5.92 Å². The van der Waals surface area contributed by atoms with Gasteiger partial charge in [0.05, 0.1) is 17.6 Å². The number of benzene rings is 2. The van der Waals surface area contributed by atoms with Crippen molar-refractivity contribution in [3.05, 3.63) is 71.8 Å². The Balaban J connectivity index is 1.86. The lowest BCUT2D eigenvalue weighted by Crippen LogP contribution is -2.56. The zero-order chi connectivity index (χ0) is 22.6. The Kier molecular flexibility index (Phi) is 6.53. The van der Waals surface area contributed by atoms with Crippen LogP contribution >= 0.6 is 0 Å². The molecule has 0 heterocycles. The first-order chi connectivity index (χ1) is 14.7. The van der Waals surface area contributed by atoms with Crippen molar-refractivity contribution in [3.8, 4) is 5.75 Å². The van der Waals surface area contributed by atoms with Crippen molar-refractivity contribution in [2.45, 2.75) is 30.7 Å². The van der Waals surface area contributed by atoms with Gasteiger partial charge < -0.3 is 25.2 Å². The number of allylic oxidation sites excluding steroid dienone is 1. The SMILES string of the molecule is O=C(O[C@@H]1[C@H](O)C[C@@](O)(C(=O)O)C[C@H]1C(=O)/C=C/c1ccc(O)cc1)c1ccccc1. The van der Waals surface area contributed by atoms with Gasteiger partial charge in [-0.2, -0.15) is 0 Å². The van der Waals surface area contributed by atoms with Gasteiger partial charge in [-0.25, -0.2) is 9.59 Å². The Hall–Kier alpha value is -3.49. The highest BCUT2D eigenvalue weighted by atomic mass is 16.6. The number of aliphatic hydroxyl groups is 2. The third-order valence-corrected chi connectivity index (χ3v) is 5.23. The van der Waals surface area contributed by atoms with E-state index in [2.05, 4.69) is 0 Å². The fourth-order valence-corrected chi connectivity index (χ4v) is 3.54. The van der Waals surface area contributed by atoms with Crippen molar-refractivity contribution in [2.75, 3.05) is 0 Å². The minimum atomic E-state index is -2.33. The van der Waals surface area contributed by atoms with Crippen LogP contribution in [0.25, 0.3) is 6.08 Å². The largest absolute Gasteiger partial charge is 0.508 e. The Labute approximate surface area is 178 Å². The molecule has 1 fully saturated rings. The molecule has 0 saturated heterocycles. The van der Waals surface area contributed by atoms with E-state index in [1.807, 2.05) is 0 Å². The van der Waals surface area contributed by atoms with E-state index in [0.717, 1.165) is 0 Å². The van der Waals surface area contributed by atoms with Crippen molar-refractivity contribution >= 4 is 23.8 Å². The first-order valence-corrected chi connectivity index (χ1v) is 9.60. The molecule has 2 aromatic rings. The lowest BCUT2D eigenvalue weighted by atomic mass is 9.72. The zero-order valence-electron chi connectivity index (χ0n) is 16.4. The second-order valence-corrected chi connectivity index (χ2v) is 7.48. The summed E-state index contributed by atoms with van der Waals surface area (Å²) in [6, 6.07) is 14.0. The molecule has 0 spiro atoms. The number of hydrogen-bond donors (Lipinski definition) is 4. The summed E-state index contributed by atoms with van der Waals surface area (Å²) < 4.78 is 5.38. The number of ether oxygens (including phenoxy) is 1. The summed E-state index contributed by atoms with van der Waals surface area (Å²) in [6.45, 7) is 0. The van der Waals surface area contributed by atoms with E-state index in [9.17, 15) is 34.8 Å². The molecule has 8 nitrogen and oxygen atoms in total. The molecule has 3 rings (SSSR count). The minimum absolute atomic E-state index is 0.0540. The second-order valence-electron chi connectivity index (χ2n) is 7.48. The number of carboxylic acid groups (broad SMARTS) is 1. The number of aliphatic hydroxyl groups excluding tert-OH is 1. The summed E-state index contributed by atoms with van der Waals surface area (Å²) in [7, 11) is 0. The van der Waals surface area contributed by atoms with E-state index in [0.29, 0.717) is 5.56 Å². The highest BCUT2D eigenvalue weighted by Gasteiger charge is 2.52. The lowest BCUT2D eigenvalue weighted by Gasteiger charge is -2.40. The lowest BCUT2D eigenvalue weighted by molar-refractivity contribution is -0.179. The van der Waals surface area contributed by atoms with Gasteiger partial charge in [-0.1, -0.05) is 36.4 Å². The molecule has 0 aliphatic heterocycles. The number of ketones is 1. The van der Waals surface area contributed by atoms with E-state index in [1.54, 1.807) is 30.3 Å². The maximum absolute atomic E-state index is 12.9. The molecular weight excluding hydrogens is 404 g/mol. The number of carboxylic acids is 1. The van der Waals surface area contributed by atoms with Crippen LogP contribution in [0.5, 0.6) is 5.75 Å². The van der Waals surface area contributed by atoms with Gasteiger partial charge in [0.1, 0.15) is 11.9 Å². The predicted molar refractivity (Wildman–Crippen MR) is 109 cm³/mol. The number of carbonyl (C=O) groups excluding carboxylic acids is 2.